The molecule has 0 bridgehead atoms. The van der Waals surface area contributed by atoms with Gasteiger partial charge in [-0.1, -0.05) is 30.3 Å². The number of carboxylic acid groups (broad SMARTS) is 1. The lowest BCUT2D eigenvalue weighted by Crippen LogP contribution is -2.32. The third kappa shape index (κ3) is 3.09. The molecule has 2 N–H and O–H groups in total. The van der Waals surface area contributed by atoms with Crippen molar-refractivity contribution in [1.29, 1.82) is 0 Å². The molecule has 1 aliphatic rings. The van der Waals surface area contributed by atoms with Crippen molar-refractivity contribution in [2.45, 2.75) is 31.1 Å². The molecule has 1 aromatic carbocycles. The first-order valence-corrected chi connectivity index (χ1v) is 6.16. The van der Waals surface area contributed by atoms with E-state index in [1.165, 1.54) is 5.56 Å². The molecule has 1 aromatic rings. The molecule has 0 aliphatic heterocycles. The zero-order chi connectivity index (χ0) is 13.0. The molecule has 96 valence electrons. The van der Waals surface area contributed by atoms with Gasteiger partial charge in [-0.05, 0) is 18.4 Å². The Morgan fingerprint density at radius 1 is 1.17 bits per heavy atom. The minimum Gasteiger partial charge on any atom is -0.481 e. The molecule has 0 heterocycles. The first kappa shape index (κ1) is 12.6. The molecule has 4 heteroatoms. The van der Waals surface area contributed by atoms with Crippen LogP contribution in [-0.2, 0) is 15.0 Å². The molecule has 1 aliphatic carbocycles. The van der Waals surface area contributed by atoms with Crippen molar-refractivity contribution in [3.05, 3.63) is 35.9 Å². The first-order valence-electron chi connectivity index (χ1n) is 6.16. The average Bonchev–Trinajstić information content (AvgIpc) is 3.16. The van der Waals surface area contributed by atoms with Crippen LogP contribution in [0.3, 0.4) is 0 Å². The highest BCUT2D eigenvalue weighted by Crippen LogP contribution is 2.47. The minimum absolute atomic E-state index is 0.0558. The van der Waals surface area contributed by atoms with E-state index in [0.717, 1.165) is 12.8 Å². The lowest BCUT2D eigenvalue weighted by Gasteiger charge is -2.16. The number of benzene rings is 1. The quantitative estimate of drug-likeness (QED) is 0.804. The van der Waals surface area contributed by atoms with Crippen molar-refractivity contribution in [1.82, 2.24) is 5.32 Å². The van der Waals surface area contributed by atoms with Gasteiger partial charge in [0, 0.05) is 18.4 Å². The van der Waals surface area contributed by atoms with Crippen LogP contribution in [0, 0.1) is 0 Å². The van der Waals surface area contributed by atoms with E-state index in [9.17, 15) is 9.59 Å². The Labute approximate surface area is 106 Å². The minimum atomic E-state index is -0.936. The maximum Gasteiger partial charge on any atom is 0.303 e. The van der Waals surface area contributed by atoms with E-state index in [4.69, 9.17) is 5.11 Å². The number of amides is 1. The molecule has 2 rings (SSSR count). The summed E-state index contributed by atoms with van der Waals surface area (Å²) in [6.07, 6.45) is 2.11. The Hall–Kier alpha value is -1.84. The predicted molar refractivity (Wildman–Crippen MR) is 67.2 cm³/mol. The van der Waals surface area contributed by atoms with E-state index in [0.29, 0.717) is 6.54 Å². The smallest absolute Gasteiger partial charge is 0.303 e. The number of hydrogen-bond donors (Lipinski definition) is 2. The summed E-state index contributed by atoms with van der Waals surface area (Å²) in [4.78, 5) is 21.8. The number of carboxylic acids is 1. The van der Waals surface area contributed by atoms with Crippen molar-refractivity contribution in [2.75, 3.05) is 6.54 Å². The molecule has 4 nitrogen and oxygen atoms in total. The normalized spacial score (nSPS) is 16.0. The summed E-state index contributed by atoms with van der Waals surface area (Å²) in [5, 5.41) is 11.3. The lowest BCUT2D eigenvalue weighted by atomic mass is 9.96. The van der Waals surface area contributed by atoms with Crippen LogP contribution in [0.4, 0.5) is 0 Å². The number of carbonyl (C=O) groups is 2. The Balaban J connectivity index is 1.83. The molecule has 0 saturated heterocycles. The Morgan fingerprint density at radius 3 is 2.39 bits per heavy atom. The molecule has 0 radical (unpaired) electrons. The topological polar surface area (TPSA) is 66.4 Å². The van der Waals surface area contributed by atoms with Crippen LogP contribution in [-0.4, -0.2) is 23.5 Å². The second-order valence-electron chi connectivity index (χ2n) is 4.82. The van der Waals surface area contributed by atoms with Gasteiger partial charge in [0.05, 0.1) is 6.42 Å². The third-order valence-electron chi connectivity index (χ3n) is 3.43. The van der Waals surface area contributed by atoms with E-state index in [-0.39, 0.29) is 24.2 Å². The predicted octanol–water partition coefficient (Wildman–Crippen LogP) is 1.70. The van der Waals surface area contributed by atoms with Crippen molar-refractivity contribution in [3.63, 3.8) is 0 Å². The van der Waals surface area contributed by atoms with Crippen LogP contribution in [0.2, 0.25) is 0 Å². The Bertz CT molecular complexity index is 438. The van der Waals surface area contributed by atoms with E-state index in [1.807, 2.05) is 18.2 Å². The molecular weight excluding hydrogens is 230 g/mol. The summed E-state index contributed by atoms with van der Waals surface area (Å²) < 4.78 is 0. The summed E-state index contributed by atoms with van der Waals surface area (Å²) in [5.74, 6) is -1.12. The Morgan fingerprint density at radius 2 is 1.83 bits per heavy atom. The van der Waals surface area contributed by atoms with Gasteiger partial charge in [-0.25, -0.2) is 0 Å². The van der Waals surface area contributed by atoms with Gasteiger partial charge in [0.1, 0.15) is 0 Å². The molecule has 0 unspecified atom stereocenters. The zero-order valence-corrected chi connectivity index (χ0v) is 10.2. The van der Waals surface area contributed by atoms with Crippen LogP contribution in [0.25, 0.3) is 0 Å². The molecule has 1 fully saturated rings. The van der Waals surface area contributed by atoms with Crippen LogP contribution in [0.1, 0.15) is 31.2 Å². The largest absolute Gasteiger partial charge is 0.481 e. The second kappa shape index (κ2) is 5.21. The number of rotatable bonds is 6. The van der Waals surface area contributed by atoms with Gasteiger partial charge in [-0.2, -0.15) is 0 Å². The number of nitrogens with one attached hydrogen (secondary N) is 1. The molecule has 0 atom stereocenters. The summed E-state index contributed by atoms with van der Waals surface area (Å²) in [7, 11) is 0. The fraction of sp³-hybridized carbons (Fsp3) is 0.429. The molecule has 0 aromatic heterocycles. The number of aliphatic carboxylic acids is 1. The highest BCUT2D eigenvalue weighted by atomic mass is 16.4. The monoisotopic (exact) mass is 247 g/mol. The maximum atomic E-state index is 11.5. The van der Waals surface area contributed by atoms with Crippen LogP contribution < -0.4 is 5.32 Å². The molecule has 18 heavy (non-hydrogen) atoms. The average molecular weight is 247 g/mol. The standard InChI is InChI=1S/C14H17NO3/c16-12(6-7-13(17)18)15-10-14(8-9-14)11-4-2-1-3-5-11/h1-5H,6-10H2,(H,15,16)(H,17,18). The number of hydrogen-bond acceptors (Lipinski definition) is 2. The van der Waals surface area contributed by atoms with Crippen molar-refractivity contribution < 1.29 is 14.7 Å². The highest BCUT2D eigenvalue weighted by molar-refractivity contribution is 5.80. The Kier molecular flexibility index (Phi) is 3.65. The maximum absolute atomic E-state index is 11.5. The lowest BCUT2D eigenvalue weighted by molar-refractivity contribution is -0.138. The van der Waals surface area contributed by atoms with E-state index in [2.05, 4.69) is 17.4 Å². The molecule has 0 spiro atoms. The first-order chi connectivity index (χ1) is 8.62. The van der Waals surface area contributed by atoms with Gasteiger partial charge in [-0.3, -0.25) is 9.59 Å². The fourth-order valence-electron chi connectivity index (χ4n) is 2.09. The summed E-state index contributed by atoms with van der Waals surface area (Å²) in [6.45, 7) is 0.607. The second-order valence-corrected chi connectivity index (χ2v) is 4.82. The van der Waals surface area contributed by atoms with Crippen LogP contribution in [0.15, 0.2) is 30.3 Å². The van der Waals surface area contributed by atoms with E-state index in [1.54, 1.807) is 0 Å². The summed E-state index contributed by atoms with van der Waals surface area (Å²) in [6, 6.07) is 10.1. The van der Waals surface area contributed by atoms with E-state index < -0.39 is 5.97 Å². The zero-order valence-electron chi connectivity index (χ0n) is 10.2. The molecule has 1 amide bonds. The van der Waals surface area contributed by atoms with Gasteiger partial charge in [0.2, 0.25) is 5.91 Å². The van der Waals surface area contributed by atoms with Gasteiger partial charge >= 0.3 is 5.97 Å². The number of carbonyl (C=O) groups excluding carboxylic acids is 1. The molecular formula is C14H17NO3. The summed E-state index contributed by atoms with van der Waals surface area (Å²) >= 11 is 0. The fourth-order valence-corrected chi connectivity index (χ4v) is 2.09. The van der Waals surface area contributed by atoms with Crippen molar-refractivity contribution >= 4 is 11.9 Å². The van der Waals surface area contributed by atoms with Gasteiger partial charge in [0.15, 0.2) is 0 Å². The van der Waals surface area contributed by atoms with Gasteiger partial charge < -0.3 is 10.4 Å². The van der Waals surface area contributed by atoms with Crippen LogP contribution >= 0.6 is 0 Å². The van der Waals surface area contributed by atoms with Crippen molar-refractivity contribution in [3.8, 4) is 0 Å². The SMILES string of the molecule is O=C(O)CCC(=O)NCC1(c2ccccc2)CC1. The third-order valence-corrected chi connectivity index (χ3v) is 3.43. The van der Waals surface area contributed by atoms with Crippen LogP contribution in [0.5, 0.6) is 0 Å². The molecule has 1 saturated carbocycles. The highest BCUT2D eigenvalue weighted by Gasteiger charge is 2.44. The van der Waals surface area contributed by atoms with Crippen molar-refractivity contribution in [2.24, 2.45) is 0 Å². The van der Waals surface area contributed by atoms with Gasteiger partial charge in [-0.15, -0.1) is 0 Å². The van der Waals surface area contributed by atoms with Gasteiger partial charge in [0.25, 0.3) is 0 Å². The summed E-state index contributed by atoms with van der Waals surface area (Å²) in [5.41, 5.74) is 1.34. The van der Waals surface area contributed by atoms with E-state index >= 15 is 0 Å².